The van der Waals surface area contributed by atoms with Crippen LogP contribution in [0.1, 0.15) is 49.4 Å². The fraction of sp³-hybridized carbons (Fsp3) is 0.533. The molecule has 0 aliphatic heterocycles. The third-order valence-corrected chi connectivity index (χ3v) is 4.77. The molecule has 0 radical (unpaired) electrons. The lowest BCUT2D eigenvalue weighted by Crippen LogP contribution is -2.21. The number of halogens is 1. The van der Waals surface area contributed by atoms with E-state index in [1.54, 1.807) is 6.07 Å². The zero-order valence-corrected chi connectivity index (χ0v) is 12.4. The smallest absolute Gasteiger partial charge is 0.165 e. The molecular formula is C15H20BrNO. The van der Waals surface area contributed by atoms with E-state index in [-0.39, 0.29) is 11.7 Å². The SMILES string of the molecule is CCC1CCC(C(=O)c2ccc(N)c(Br)c2)CC1. The second kappa shape index (κ2) is 5.87. The maximum absolute atomic E-state index is 12.4. The second-order valence-electron chi connectivity index (χ2n) is 5.23. The number of nitrogen functional groups attached to an aromatic ring is 1. The monoisotopic (exact) mass is 309 g/mol. The van der Waals surface area contributed by atoms with Crippen molar-refractivity contribution in [1.82, 2.24) is 0 Å². The highest BCUT2D eigenvalue weighted by Crippen LogP contribution is 2.33. The zero-order valence-electron chi connectivity index (χ0n) is 10.8. The number of anilines is 1. The van der Waals surface area contributed by atoms with Gasteiger partial charge < -0.3 is 5.73 Å². The Hall–Kier alpha value is -0.830. The number of carbonyl (C=O) groups excluding carboxylic acids is 1. The van der Waals surface area contributed by atoms with Gasteiger partial charge in [0.1, 0.15) is 0 Å². The standard InChI is InChI=1S/C15H20BrNO/c1-2-10-3-5-11(6-4-10)15(18)12-7-8-14(17)13(16)9-12/h7-11H,2-6,17H2,1H3. The minimum absolute atomic E-state index is 0.211. The number of ketones is 1. The Morgan fingerprint density at radius 3 is 2.56 bits per heavy atom. The van der Waals surface area contributed by atoms with Crippen molar-refractivity contribution in [2.45, 2.75) is 39.0 Å². The van der Waals surface area contributed by atoms with Crippen LogP contribution in [0.15, 0.2) is 22.7 Å². The molecule has 1 saturated carbocycles. The molecule has 1 aromatic carbocycles. The summed E-state index contributed by atoms with van der Waals surface area (Å²) in [5, 5.41) is 0. The van der Waals surface area contributed by atoms with E-state index in [2.05, 4.69) is 22.9 Å². The van der Waals surface area contributed by atoms with E-state index in [1.807, 2.05) is 12.1 Å². The summed E-state index contributed by atoms with van der Waals surface area (Å²) in [6, 6.07) is 5.49. The Balaban J connectivity index is 2.05. The van der Waals surface area contributed by atoms with Crippen LogP contribution in [0.5, 0.6) is 0 Å². The molecule has 0 spiro atoms. The number of carbonyl (C=O) groups is 1. The molecule has 2 rings (SSSR count). The maximum Gasteiger partial charge on any atom is 0.165 e. The predicted molar refractivity (Wildman–Crippen MR) is 78.6 cm³/mol. The average molecular weight is 310 g/mol. The molecule has 0 atom stereocenters. The van der Waals surface area contributed by atoms with Crippen LogP contribution in [0.3, 0.4) is 0 Å². The minimum Gasteiger partial charge on any atom is -0.398 e. The van der Waals surface area contributed by atoms with Gasteiger partial charge in [0.25, 0.3) is 0 Å². The van der Waals surface area contributed by atoms with Gasteiger partial charge in [-0.2, -0.15) is 0 Å². The lowest BCUT2D eigenvalue weighted by Gasteiger charge is -2.26. The lowest BCUT2D eigenvalue weighted by atomic mass is 9.78. The van der Waals surface area contributed by atoms with Crippen molar-refractivity contribution in [3.63, 3.8) is 0 Å². The van der Waals surface area contributed by atoms with Crippen molar-refractivity contribution in [1.29, 1.82) is 0 Å². The van der Waals surface area contributed by atoms with E-state index in [9.17, 15) is 4.79 Å². The van der Waals surface area contributed by atoms with Crippen LogP contribution in [0, 0.1) is 11.8 Å². The minimum atomic E-state index is 0.211. The average Bonchev–Trinajstić information content (AvgIpc) is 2.41. The molecule has 3 heteroatoms. The van der Waals surface area contributed by atoms with E-state index in [1.165, 1.54) is 19.3 Å². The first-order valence-electron chi connectivity index (χ1n) is 6.71. The Bertz CT molecular complexity index is 436. The van der Waals surface area contributed by atoms with Gasteiger partial charge in [-0.15, -0.1) is 0 Å². The molecule has 0 amide bonds. The third-order valence-electron chi connectivity index (χ3n) is 4.08. The van der Waals surface area contributed by atoms with Crippen LogP contribution in [-0.4, -0.2) is 5.78 Å². The first kappa shape index (κ1) is 13.6. The van der Waals surface area contributed by atoms with Crippen molar-refractivity contribution in [3.05, 3.63) is 28.2 Å². The normalized spacial score (nSPS) is 23.9. The topological polar surface area (TPSA) is 43.1 Å². The van der Waals surface area contributed by atoms with Crippen LogP contribution in [0.25, 0.3) is 0 Å². The van der Waals surface area contributed by atoms with Crippen molar-refractivity contribution < 1.29 is 4.79 Å². The van der Waals surface area contributed by atoms with E-state index in [4.69, 9.17) is 5.73 Å². The maximum atomic E-state index is 12.4. The van der Waals surface area contributed by atoms with Crippen LogP contribution in [0.2, 0.25) is 0 Å². The number of rotatable bonds is 3. The summed E-state index contributed by atoms with van der Waals surface area (Å²) in [7, 11) is 0. The summed E-state index contributed by atoms with van der Waals surface area (Å²) in [5.74, 6) is 1.32. The Morgan fingerprint density at radius 1 is 1.33 bits per heavy atom. The van der Waals surface area contributed by atoms with Gasteiger partial charge in [0.05, 0.1) is 0 Å². The molecule has 1 aliphatic carbocycles. The first-order valence-corrected chi connectivity index (χ1v) is 7.50. The molecule has 1 fully saturated rings. The zero-order chi connectivity index (χ0) is 13.1. The fourth-order valence-electron chi connectivity index (χ4n) is 2.75. The molecule has 2 nitrogen and oxygen atoms in total. The summed E-state index contributed by atoms with van der Waals surface area (Å²) in [4.78, 5) is 12.4. The fourth-order valence-corrected chi connectivity index (χ4v) is 3.13. The number of Topliss-reactive ketones (excluding diaryl/α,β-unsaturated/α-hetero) is 1. The lowest BCUT2D eigenvalue weighted by molar-refractivity contribution is 0.0871. The quantitative estimate of drug-likeness (QED) is 0.663. The third kappa shape index (κ3) is 2.94. The molecule has 98 valence electrons. The van der Waals surface area contributed by atoms with Crippen molar-refractivity contribution in [2.75, 3.05) is 5.73 Å². The highest BCUT2D eigenvalue weighted by molar-refractivity contribution is 9.10. The molecule has 0 saturated heterocycles. The van der Waals surface area contributed by atoms with Crippen molar-refractivity contribution in [3.8, 4) is 0 Å². The summed E-state index contributed by atoms with van der Waals surface area (Å²) < 4.78 is 0.815. The number of hydrogen-bond acceptors (Lipinski definition) is 2. The van der Waals surface area contributed by atoms with E-state index in [0.29, 0.717) is 5.69 Å². The number of benzene rings is 1. The summed E-state index contributed by atoms with van der Waals surface area (Å²) in [6.07, 6.45) is 5.72. The summed E-state index contributed by atoms with van der Waals surface area (Å²) in [6.45, 7) is 2.24. The van der Waals surface area contributed by atoms with E-state index >= 15 is 0 Å². The van der Waals surface area contributed by atoms with Gasteiger partial charge in [0, 0.05) is 21.6 Å². The van der Waals surface area contributed by atoms with Gasteiger partial charge in [-0.1, -0.05) is 13.3 Å². The van der Waals surface area contributed by atoms with Crippen LogP contribution in [0.4, 0.5) is 5.69 Å². The van der Waals surface area contributed by atoms with Gasteiger partial charge in [-0.3, -0.25) is 4.79 Å². The van der Waals surface area contributed by atoms with E-state index in [0.717, 1.165) is 28.8 Å². The van der Waals surface area contributed by atoms with Gasteiger partial charge in [-0.05, 0) is 65.7 Å². The molecule has 0 unspecified atom stereocenters. The van der Waals surface area contributed by atoms with Crippen molar-refractivity contribution in [2.24, 2.45) is 11.8 Å². The summed E-state index contributed by atoms with van der Waals surface area (Å²) >= 11 is 3.38. The molecule has 0 heterocycles. The van der Waals surface area contributed by atoms with Gasteiger partial charge in [-0.25, -0.2) is 0 Å². The predicted octanol–water partition coefficient (Wildman–Crippen LogP) is 4.43. The van der Waals surface area contributed by atoms with Crippen molar-refractivity contribution >= 4 is 27.4 Å². The van der Waals surface area contributed by atoms with Gasteiger partial charge in [0.15, 0.2) is 5.78 Å². The number of nitrogens with two attached hydrogens (primary N) is 1. The number of hydrogen-bond donors (Lipinski definition) is 1. The summed E-state index contributed by atoms with van der Waals surface area (Å²) in [5.41, 5.74) is 7.22. The molecule has 1 aromatic rings. The van der Waals surface area contributed by atoms with Gasteiger partial charge in [0.2, 0.25) is 0 Å². The molecule has 2 N–H and O–H groups in total. The molecular weight excluding hydrogens is 290 g/mol. The Labute approximate surface area is 117 Å². The highest BCUT2D eigenvalue weighted by atomic mass is 79.9. The molecule has 0 bridgehead atoms. The molecule has 18 heavy (non-hydrogen) atoms. The first-order chi connectivity index (χ1) is 8.61. The van der Waals surface area contributed by atoms with Crippen LogP contribution < -0.4 is 5.73 Å². The largest absolute Gasteiger partial charge is 0.398 e. The highest BCUT2D eigenvalue weighted by Gasteiger charge is 2.26. The van der Waals surface area contributed by atoms with E-state index < -0.39 is 0 Å². The molecule has 0 aromatic heterocycles. The molecule has 1 aliphatic rings. The van der Waals surface area contributed by atoms with Crippen LogP contribution >= 0.6 is 15.9 Å². The van der Waals surface area contributed by atoms with Gasteiger partial charge >= 0.3 is 0 Å². The van der Waals surface area contributed by atoms with Crippen LogP contribution in [-0.2, 0) is 0 Å². The Kier molecular flexibility index (Phi) is 4.44. The second-order valence-corrected chi connectivity index (χ2v) is 6.08. The Morgan fingerprint density at radius 2 is 2.00 bits per heavy atom.